The van der Waals surface area contributed by atoms with Gasteiger partial charge < -0.3 is 10.6 Å². The number of thioether (sulfide) groups is 1. The maximum Gasteiger partial charge on any atom is 0.239 e. The first-order valence-corrected chi connectivity index (χ1v) is 8.72. The van der Waals surface area contributed by atoms with Crippen LogP contribution in [0.3, 0.4) is 0 Å². The van der Waals surface area contributed by atoms with Gasteiger partial charge in [0.1, 0.15) is 5.82 Å². The van der Waals surface area contributed by atoms with Crippen molar-refractivity contribution < 1.29 is 9.18 Å². The third-order valence-electron chi connectivity index (χ3n) is 4.15. The third kappa shape index (κ3) is 4.61. The Morgan fingerprint density at radius 1 is 1.45 bits per heavy atom. The van der Waals surface area contributed by atoms with Crippen LogP contribution in [0.5, 0.6) is 0 Å². The van der Waals surface area contributed by atoms with Gasteiger partial charge in [0.2, 0.25) is 5.91 Å². The fraction of sp³-hybridized carbons (Fsp3) is 0.562. The van der Waals surface area contributed by atoms with Gasteiger partial charge in [-0.3, -0.25) is 4.79 Å². The van der Waals surface area contributed by atoms with Gasteiger partial charge in [0.15, 0.2) is 0 Å². The molecule has 6 heteroatoms. The molecule has 124 valence electrons. The minimum Gasteiger partial charge on any atom is -0.338 e. The van der Waals surface area contributed by atoms with E-state index in [0.717, 1.165) is 17.7 Å². The predicted molar refractivity (Wildman–Crippen MR) is 93.2 cm³/mol. The third-order valence-corrected chi connectivity index (χ3v) is 4.79. The van der Waals surface area contributed by atoms with Gasteiger partial charge >= 0.3 is 0 Å². The molecule has 0 spiro atoms. The van der Waals surface area contributed by atoms with Crippen molar-refractivity contribution in [2.45, 2.75) is 37.8 Å². The molecule has 0 bridgehead atoms. The maximum absolute atomic E-state index is 13.0. The fourth-order valence-electron chi connectivity index (χ4n) is 2.90. The summed E-state index contributed by atoms with van der Waals surface area (Å²) in [7, 11) is 0. The Balaban J connectivity index is 0.00000242. The number of carbonyl (C=O) groups excluding carboxylic acids is 1. The number of carbonyl (C=O) groups is 1. The van der Waals surface area contributed by atoms with E-state index in [0.29, 0.717) is 13.0 Å². The SMILES string of the molecule is CSCCC(N)C(=O)N1CC(c2ccc(F)cc2)CC1C.Cl. The molecular formula is C16H24ClFN2OS. The number of nitrogens with zero attached hydrogens (tertiary/aromatic N) is 1. The smallest absolute Gasteiger partial charge is 0.239 e. The molecule has 1 aliphatic heterocycles. The highest BCUT2D eigenvalue weighted by Crippen LogP contribution is 2.32. The van der Waals surface area contributed by atoms with Gasteiger partial charge in [0, 0.05) is 18.5 Å². The Labute approximate surface area is 142 Å². The summed E-state index contributed by atoms with van der Waals surface area (Å²) >= 11 is 1.70. The molecule has 0 radical (unpaired) electrons. The summed E-state index contributed by atoms with van der Waals surface area (Å²) in [6.07, 6.45) is 3.64. The van der Waals surface area contributed by atoms with Gasteiger partial charge in [-0.25, -0.2) is 4.39 Å². The Kier molecular flexibility index (Phi) is 7.66. The molecule has 1 aliphatic rings. The van der Waals surface area contributed by atoms with E-state index >= 15 is 0 Å². The van der Waals surface area contributed by atoms with Gasteiger partial charge in [-0.15, -0.1) is 12.4 Å². The molecule has 1 saturated heterocycles. The Bertz CT molecular complexity index is 486. The Morgan fingerprint density at radius 2 is 2.09 bits per heavy atom. The molecule has 22 heavy (non-hydrogen) atoms. The zero-order valence-electron chi connectivity index (χ0n) is 13.0. The van der Waals surface area contributed by atoms with Gasteiger partial charge in [-0.2, -0.15) is 11.8 Å². The van der Waals surface area contributed by atoms with E-state index in [2.05, 4.69) is 6.92 Å². The van der Waals surface area contributed by atoms with Crippen LogP contribution in [0.4, 0.5) is 4.39 Å². The second kappa shape index (κ2) is 8.75. The van der Waals surface area contributed by atoms with Crippen LogP contribution in [0.15, 0.2) is 24.3 Å². The molecule has 3 unspecified atom stereocenters. The van der Waals surface area contributed by atoms with Crippen molar-refractivity contribution >= 4 is 30.1 Å². The summed E-state index contributed by atoms with van der Waals surface area (Å²) in [4.78, 5) is 14.3. The van der Waals surface area contributed by atoms with Gasteiger partial charge in [0.05, 0.1) is 6.04 Å². The molecule has 1 heterocycles. The lowest BCUT2D eigenvalue weighted by Gasteiger charge is -2.25. The van der Waals surface area contributed by atoms with Crippen molar-refractivity contribution in [3.05, 3.63) is 35.6 Å². The van der Waals surface area contributed by atoms with Crippen molar-refractivity contribution in [3.63, 3.8) is 0 Å². The molecule has 1 aromatic carbocycles. The number of nitrogens with two attached hydrogens (primary N) is 1. The highest BCUT2D eigenvalue weighted by Gasteiger charge is 2.34. The van der Waals surface area contributed by atoms with Crippen molar-refractivity contribution in [1.82, 2.24) is 4.90 Å². The molecule has 0 saturated carbocycles. The molecule has 3 nitrogen and oxygen atoms in total. The average molecular weight is 347 g/mol. The normalized spacial score (nSPS) is 22.3. The first-order valence-electron chi connectivity index (χ1n) is 7.33. The minimum absolute atomic E-state index is 0. The molecule has 2 N–H and O–H groups in total. The summed E-state index contributed by atoms with van der Waals surface area (Å²) in [6, 6.07) is 6.37. The van der Waals surface area contributed by atoms with E-state index in [1.165, 1.54) is 12.1 Å². The number of benzene rings is 1. The molecule has 1 amide bonds. The van der Waals surface area contributed by atoms with Gasteiger partial charge in [0.25, 0.3) is 0 Å². The number of hydrogen-bond donors (Lipinski definition) is 1. The molecule has 0 aromatic heterocycles. The van der Waals surface area contributed by atoms with Gasteiger partial charge in [-0.05, 0) is 49.5 Å². The molecular weight excluding hydrogens is 323 g/mol. The van der Waals surface area contributed by atoms with E-state index in [-0.39, 0.29) is 36.1 Å². The fourth-order valence-corrected chi connectivity index (χ4v) is 3.39. The molecule has 1 aromatic rings. The summed E-state index contributed by atoms with van der Waals surface area (Å²) in [5, 5.41) is 0. The zero-order valence-corrected chi connectivity index (χ0v) is 14.6. The minimum atomic E-state index is -0.410. The quantitative estimate of drug-likeness (QED) is 0.891. The summed E-state index contributed by atoms with van der Waals surface area (Å²) in [6.45, 7) is 2.74. The van der Waals surface area contributed by atoms with Crippen molar-refractivity contribution in [2.24, 2.45) is 5.73 Å². The molecule has 0 aliphatic carbocycles. The van der Waals surface area contributed by atoms with Crippen molar-refractivity contribution in [1.29, 1.82) is 0 Å². The second-order valence-corrected chi connectivity index (χ2v) is 6.70. The van der Waals surface area contributed by atoms with Crippen LogP contribution in [-0.2, 0) is 4.79 Å². The number of amides is 1. The van der Waals surface area contributed by atoms with E-state index in [4.69, 9.17) is 5.73 Å². The lowest BCUT2D eigenvalue weighted by atomic mass is 9.97. The highest BCUT2D eigenvalue weighted by atomic mass is 35.5. The predicted octanol–water partition coefficient (Wildman–Crippen LogP) is 3.03. The van der Waals surface area contributed by atoms with Crippen LogP contribution in [0.2, 0.25) is 0 Å². The first-order chi connectivity index (χ1) is 10.0. The molecule has 2 rings (SSSR count). The topological polar surface area (TPSA) is 46.3 Å². The van der Waals surface area contributed by atoms with Crippen molar-refractivity contribution in [2.75, 3.05) is 18.6 Å². The molecule has 1 fully saturated rings. The van der Waals surface area contributed by atoms with Crippen LogP contribution in [0.1, 0.15) is 31.2 Å². The zero-order chi connectivity index (χ0) is 15.4. The summed E-state index contributed by atoms with van der Waals surface area (Å²) in [5.41, 5.74) is 7.09. The van der Waals surface area contributed by atoms with Crippen LogP contribution in [-0.4, -0.2) is 41.4 Å². The summed E-state index contributed by atoms with van der Waals surface area (Å²) in [5.74, 6) is 0.992. The van der Waals surface area contributed by atoms with E-state index in [1.807, 2.05) is 23.3 Å². The number of rotatable bonds is 5. The average Bonchev–Trinajstić information content (AvgIpc) is 2.86. The first kappa shape index (κ1) is 19.3. The number of hydrogen-bond acceptors (Lipinski definition) is 3. The van der Waals surface area contributed by atoms with E-state index in [1.54, 1.807) is 11.8 Å². The monoisotopic (exact) mass is 346 g/mol. The summed E-state index contributed by atoms with van der Waals surface area (Å²) < 4.78 is 13.0. The maximum atomic E-state index is 13.0. The standard InChI is InChI=1S/C16H23FN2OS.ClH/c1-11-9-13(12-3-5-14(17)6-4-12)10-19(11)16(20)15(18)7-8-21-2;/h3-6,11,13,15H,7-10,18H2,1-2H3;1H. The van der Waals surface area contributed by atoms with Crippen LogP contribution in [0.25, 0.3) is 0 Å². The van der Waals surface area contributed by atoms with Crippen LogP contribution < -0.4 is 5.73 Å². The van der Waals surface area contributed by atoms with E-state index in [9.17, 15) is 9.18 Å². The largest absolute Gasteiger partial charge is 0.338 e. The lowest BCUT2D eigenvalue weighted by Crippen LogP contribution is -2.45. The number of halogens is 2. The lowest BCUT2D eigenvalue weighted by molar-refractivity contribution is -0.133. The second-order valence-electron chi connectivity index (χ2n) is 5.71. The Morgan fingerprint density at radius 3 is 2.68 bits per heavy atom. The van der Waals surface area contributed by atoms with Gasteiger partial charge in [-0.1, -0.05) is 12.1 Å². The number of likely N-dealkylation sites (tertiary alicyclic amines) is 1. The van der Waals surface area contributed by atoms with Crippen LogP contribution in [0, 0.1) is 5.82 Å². The Hall–Kier alpha value is -0.780. The highest BCUT2D eigenvalue weighted by molar-refractivity contribution is 7.98. The van der Waals surface area contributed by atoms with E-state index < -0.39 is 6.04 Å². The van der Waals surface area contributed by atoms with Crippen LogP contribution >= 0.6 is 24.2 Å². The molecule has 3 atom stereocenters. The van der Waals surface area contributed by atoms with Crippen molar-refractivity contribution in [3.8, 4) is 0 Å².